The average Bonchev–Trinajstić information content (AvgIpc) is 2.70. The van der Waals surface area contributed by atoms with Crippen LogP contribution in [0, 0.1) is 0 Å². The van der Waals surface area contributed by atoms with Gasteiger partial charge >= 0.3 is 12.0 Å². The van der Waals surface area contributed by atoms with E-state index < -0.39 is 5.97 Å². The number of carboxylic acid groups (broad SMARTS) is 1. The lowest BCUT2D eigenvalue weighted by Crippen LogP contribution is -2.53. The van der Waals surface area contributed by atoms with Crippen LogP contribution in [0.4, 0.5) is 4.79 Å². The van der Waals surface area contributed by atoms with Crippen LogP contribution in [0.2, 0.25) is 0 Å². The molecule has 1 unspecified atom stereocenters. The van der Waals surface area contributed by atoms with Gasteiger partial charge in [-0.25, -0.2) is 4.79 Å². The van der Waals surface area contributed by atoms with Crippen molar-refractivity contribution in [2.45, 2.75) is 51.6 Å². The summed E-state index contributed by atoms with van der Waals surface area (Å²) in [5.74, 6) is -0.851. The summed E-state index contributed by atoms with van der Waals surface area (Å²) in [5, 5.41) is 8.91. The van der Waals surface area contributed by atoms with Crippen molar-refractivity contribution < 1.29 is 14.7 Å². The molecule has 2 amide bonds. The molecule has 1 saturated heterocycles. The maximum absolute atomic E-state index is 12.6. The van der Waals surface area contributed by atoms with Gasteiger partial charge in [0.25, 0.3) is 0 Å². The maximum Gasteiger partial charge on any atom is 0.320 e. The van der Waals surface area contributed by atoms with Crippen LogP contribution >= 0.6 is 0 Å². The Kier molecular flexibility index (Phi) is 4.97. The van der Waals surface area contributed by atoms with Crippen molar-refractivity contribution in [3.05, 3.63) is 12.7 Å². The van der Waals surface area contributed by atoms with Gasteiger partial charge < -0.3 is 14.9 Å². The average molecular weight is 268 g/mol. The Hall–Kier alpha value is -1.52. The highest BCUT2D eigenvalue weighted by atomic mass is 16.4. The van der Waals surface area contributed by atoms with Gasteiger partial charge in [0.1, 0.15) is 0 Å². The molecule has 0 spiro atoms. The number of carbonyl (C=O) groups excluding carboxylic acids is 1. The van der Waals surface area contributed by atoms with Gasteiger partial charge in [-0.3, -0.25) is 4.79 Å². The Morgan fingerprint density at radius 1 is 1.47 bits per heavy atom. The molecule has 0 aromatic carbocycles. The minimum absolute atomic E-state index is 0.0256. The van der Waals surface area contributed by atoms with E-state index >= 15 is 0 Å². The fourth-order valence-corrected chi connectivity index (χ4v) is 2.42. The molecule has 19 heavy (non-hydrogen) atoms. The van der Waals surface area contributed by atoms with Gasteiger partial charge in [-0.15, -0.1) is 6.58 Å². The standard InChI is InChI=1S/C14H24N2O3/c1-5-8-16(14(2,3)4)13(19)15-9-6-7-11(15)10-12(17)18/h5,11H,1,6-10H2,2-4H3,(H,17,18). The minimum atomic E-state index is -0.851. The van der Waals surface area contributed by atoms with Crippen LogP contribution in [0.1, 0.15) is 40.0 Å². The minimum Gasteiger partial charge on any atom is -0.481 e. The number of hydrogen-bond acceptors (Lipinski definition) is 2. The second-order valence-electron chi connectivity index (χ2n) is 5.94. The van der Waals surface area contributed by atoms with Crippen LogP contribution < -0.4 is 0 Å². The van der Waals surface area contributed by atoms with E-state index in [2.05, 4.69) is 6.58 Å². The highest BCUT2D eigenvalue weighted by molar-refractivity contribution is 5.77. The highest BCUT2D eigenvalue weighted by Gasteiger charge is 2.36. The normalized spacial score (nSPS) is 19.3. The number of aliphatic carboxylic acids is 1. The number of amides is 2. The quantitative estimate of drug-likeness (QED) is 0.796. The van der Waals surface area contributed by atoms with E-state index in [1.165, 1.54) is 0 Å². The summed E-state index contributed by atoms with van der Waals surface area (Å²) in [6, 6.07) is -0.268. The fourth-order valence-electron chi connectivity index (χ4n) is 2.42. The van der Waals surface area contributed by atoms with Gasteiger partial charge in [0.2, 0.25) is 0 Å². The third-order valence-corrected chi connectivity index (χ3v) is 3.39. The molecule has 5 nitrogen and oxygen atoms in total. The van der Waals surface area contributed by atoms with E-state index in [0.29, 0.717) is 13.1 Å². The molecule has 1 rings (SSSR count). The number of rotatable bonds is 4. The summed E-state index contributed by atoms with van der Waals surface area (Å²) in [6.45, 7) is 10.7. The summed E-state index contributed by atoms with van der Waals surface area (Å²) >= 11 is 0. The molecule has 0 bridgehead atoms. The zero-order valence-electron chi connectivity index (χ0n) is 12.1. The lowest BCUT2D eigenvalue weighted by atomic mass is 10.1. The first-order chi connectivity index (χ1) is 8.77. The number of carboxylic acids is 1. The second-order valence-corrected chi connectivity index (χ2v) is 5.94. The second kappa shape index (κ2) is 6.08. The molecule has 1 fully saturated rings. The number of urea groups is 1. The molecule has 0 radical (unpaired) electrons. The molecule has 1 aliphatic rings. The van der Waals surface area contributed by atoms with E-state index in [9.17, 15) is 9.59 Å². The molecule has 0 aromatic rings. The first-order valence-electron chi connectivity index (χ1n) is 6.68. The van der Waals surface area contributed by atoms with E-state index in [1.807, 2.05) is 20.8 Å². The SMILES string of the molecule is C=CCN(C(=O)N1CCCC1CC(=O)O)C(C)(C)C. The van der Waals surface area contributed by atoms with Crippen LogP contribution in [0.5, 0.6) is 0 Å². The number of nitrogens with zero attached hydrogens (tertiary/aromatic N) is 2. The Balaban J connectivity index is 2.83. The molecular weight excluding hydrogens is 244 g/mol. The van der Waals surface area contributed by atoms with Crippen molar-refractivity contribution in [1.29, 1.82) is 0 Å². The van der Waals surface area contributed by atoms with Gasteiger partial charge in [0.15, 0.2) is 0 Å². The predicted octanol–water partition coefficient (Wildman–Crippen LogP) is 2.33. The van der Waals surface area contributed by atoms with Crippen molar-refractivity contribution in [3.8, 4) is 0 Å². The van der Waals surface area contributed by atoms with Crippen LogP contribution in [0.3, 0.4) is 0 Å². The van der Waals surface area contributed by atoms with Gasteiger partial charge in [0, 0.05) is 24.7 Å². The smallest absolute Gasteiger partial charge is 0.320 e. The molecule has 0 aliphatic carbocycles. The van der Waals surface area contributed by atoms with Crippen molar-refractivity contribution in [2.24, 2.45) is 0 Å². The predicted molar refractivity (Wildman–Crippen MR) is 74.0 cm³/mol. The van der Waals surface area contributed by atoms with Crippen molar-refractivity contribution in [2.75, 3.05) is 13.1 Å². The Morgan fingerprint density at radius 2 is 2.11 bits per heavy atom. The summed E-state index contributed by atoms with van der Waals surface area (Å²) in [4.78, 5) is 26.9. The largest absolute Gasteiger partial charge is 0.481 e. The fraction of sp³-hybridized carbons (Fsp3) is 0.714. The zero-order chi connectivity index (χ0) is 14.6. The van der Waals surface area contributed by atoms with E-state index in [0.717, 1.165) is 12.8 Å². The van der Waals surface area contributed by atoms with Gasteiger partial charge in [0.05, 0.1) is 6.42 Å². The molecule has 108 valence electrons. The van der Waals surface area contributed by atoms with Crippen molar-refractivity contribution in [1.82, 2.24) is 9.80 Å². The van der Waals surface area contributed by atoms with Crippen LogP contribution in [0.25, 0.3) is 0 Å². The monoisotopic (exact) mass is 268 g/mol. The summed E-state index contributed by atoms with van der Waals surface area (Å²) < 4.78 is 0. The first kappa shape index (κ1) is 15.5. The molecule has 1 atom stereocenters. The molecule has 5 heteroatoms. The molecular formula is C14H24N2O3. The molecule has 1 heterocycles. The Labute approximate surface area is 114 Å². The molecule has 1 aliphatic heterocycles. The summed E-state index contributed by atoms with van der Waals surface area (Å²) in [6.07, 6.45) is 3.36. The van der Waals surface area contributed by atoms with Crippen molar-refractivity contribution in [3.63, 3.8) is 0 Å². The van der Waals surface area contributed by atoms with E-state index in [-0.39, 0.29) is 24.0 Å². The summed E-state index contributed by atoms with van der Waals surface area (Å²) in [5.41, 5.74) is -0.304. The topological polar surface area (TPSA) is 60.9 Å². The Morgan fingerprint density at radius 3 is 2.58 bits per heavy atom. The van der Waals surface area contributed by atoms with E-state index in [1.54, 1.807) is 15.9 Å². The van der Waals surface area contributed by atoms with Crippen molar-refractivity contribution >= 4 is 12.0 Å². The highest BCUT2D eigenvalue weighted by Crippen LogP contribution is 2.24. The number of carbonyl (C=O) groups is 2. The Bertz CT molecular complexity index is 360. The van der Waals surface area contributed by atoms with Crippen LogP contribution in [-0.4, -0.2) is 51.6 Å². The third kappa shape index (κ3) is 3.98. The maximum atomic E-state index is 12.6. The molecule has 1 N–H and O–H groups in total. The molecule has 0 saturated carbocycles. The van der Waals surface area contributed by atoms with Gasteiger partial charge in [-0.1, -0.05) is 6.08 Å². The number of hydrogen-bond donors (Lipinski definition) is 1. The number of likely N-dealkylation sites (tertiary alicyclic amines) is 1. The third-order valence-electron chi connectivity index (χ3n) is 3.39. The van der Waals surface area contributed by atoms with Gasteiger partial charge in [-0.05, 0) is 33.6 Å². The van der Waals surface area contributed by atoms with Crippen LogP contribution in [0.15, 0.2) is 12.7 Å². The summed E-state index contributed by atoms with van der Waals surface area (Å²) in [7, 11) is 0. The zero-order valence-corrected chi connectivity index (χ0v) is 12.1. The molecule has 0 aromatic heterocycles. The lowest BCUT2D eigenvalue weighted by molar-refractivity contribution is -0.138. The lowest BCUT2D eigenvalue weighted by Gasteiger charge is -2.39. The van der Waals surface area contributed by atoms with Crippen LogP contribution in [-0.2, 0) is 4.79 Å². The first-order valence-corrected chi connectivity index (χ1v) is 6.68. The van der Waals surface area contributed by atoms with E-state index in [4.69, 9.17) is 5.11 Å². The van der Waals surface area contributed by atoms with Gasteiger partial charge in [-0.2, -0.15) is 0 Å².